The van der Waals surface area contributed by atoms with Crippen molar-refractivity contribution in [2.75, 3.05) is 0 Å². The van der Waals surface area contributed by atoms with Gasteiger partial charge in [-0.05, 0) is 24.6 Å². The maximum atomic E-state index is 12.9. The van der Waals surface area contributed by atoms with E-state index < -0.39 is 11.9 Å². The minimum Gasteiger partial charge on any atom is -0.467 e. The zero-order valence-corrected chi connectivity index (χ0v) is 16.9. The predicted octanol–water partition coefficient (Wildman–Crippen LogP) is 4.03. The lowest BCUT2D eigenvalue weighted by Gasteiger charge is -2.18. The fourth-order valence-electron chi connectivity index (χ4n) is 3.08. The Balaban J connectivity index is 1.50. The van der Waals surface area contributed by atoms with Crippen molar-refractivity contribution in [3.05, 3.63) is 102 Å². The Kier molecular flexibility index (Phi) is 5.93. The first-order chi connectivity index (χ1) is 15.1. The largest absolute Gasteiger partial charge is 0.467 e. The van der Waals surface area contributed by atoms with Crippen molar-refractivity contribution in [1.29, 1.82) is 0 Å². The lowest BCUT2D eigenvalue weighted by atomic mass is 10.1. The van der Waals surface area contributed by atoms with Crippen molar-refractivity contribution in [3.63, 3.8) is 0 Å². The van der Waals surface area contributed by atoms with Crippen LogP contribution in [0, 0.1) is 6.92 Å². The van der Waals surface area contributed by atoms with Gasteiger partial charge < -0.3 is 19.6 Å². The average molecular weight is 415 g/mol. The number of nitrogens with one attached hydrogen (secondary N) is 2. The standard InChI is InChI=1S/C24H21N3O4/c1-16-9-11-17(12-10-16)21-14-20(27-31-21)23(28)26-22(18-6-3-2-4-7-18)24(29)25-15-19-8-5-13-30-19/h2-14,22H,15H2,1H3,(H,25,29)(H,26,28). The number of furan rings is 1. The molecular weight excluding hydrogens is 394 g/mol. The van der Waals surface area contributed by atoms with Gasteiger partial charge in [0.05, 0.1) is 12.8 Å². The summed E-state index contributed by atoms with van der Waals surface area (Å²) in [5.41, 5.74) is 2.67. The first-order valence-electron chi connectivity index (χ1n) is 9.80. The van der Waals surface area contributed by atoms with Gasteiger partial charge in [0.25, 0.3) is 5.91 Å². The highest BCUT2D eigenvalue weighted by Crippen LogP contribution is 2.21. The highest BCUT2D eigenvalue weighted by molar-refractivity contribution is 5.97. The second kappa shape index (κ2) is 9.13. The molecule has 1 atom stereocenters. The second-order valence-corrected chi connectivity index (χ2v) is 7.06. The molecule has 4 rings (SSSR count). The minimum absolute atomic E-state index is 0.0929. The van der Waals surface area contributed by atoms with E-state index in [1.165, 1.54) is 6.26 Å². The third-order valence-electron chi connectivity index (χ3n) is 4.77. The van der Waals surface area contributed by atoms with Crippen LogP contribution < -0.4 is 10.6 Å². The molecule has 2 aromatic carbocycles. The minimum atomic E-state index is -0.900. The molecule has 0 radical (unpaired) electrons. The van der Waals surface area contributed by atoms with Gasteiger partial charge in [-0.3, -0.25) is 9.59 Å². The summed E-state index contributed by atoms with van der Waals surface area (Å²) in [5, 5.41) is 9.41. The Bertz CT molecular complexity index is 1150. The van der Waals surface area contributed by atoms with E-state index in [1.807, 2.05) is 37.3 Å². The summed E-state index contributed by atoms with van der Waals surface area (Å²) < 4.78 is 10.6. The van der Waals surface area contributed by atoms with E-state index in [-0.39, 0.29) is 18.1 Å². The highest BCUT2D eigenvalue weighted by Gasteiger charge is 2.25. The van der Waals surface area contributed by atoms with Gasteiger partial charge >= 0.3 is 0 Å². The fourth-order valence-corrected chi connectivity index (χ4v) is 3.08. The predicted molar refractivity (Wildman–Crippen MR) is 114 cm³/mol. The number of hydrogen-bond donors (Lipinski definition) is 2. The van der Waals surface area contributed by atoms with Gasteiger partial charge in [-0.2, -0.15) is 0 Å². The lowest BCUT2D eigenvalue weighted by molar-refractivity contribution is -0.123. The van der Waals surface area contributed by atoms with Crippen molar-refractivity contribution in [3.8, 4) is 11.3 Å². The Morgan fingerprint density at radius 2 is 1.77 bits per heavy atom. The van der Waals surface area contributed by atoms with Crippen LogP contribution in [0.15, 0.2) is 88.0 Å². The van der Waals surface area contributed by atoms with Gasteiger partial charge in [0, 0.05) is 11.6 Å². The zero-order chi connectivity index (χ0) is 21.6. The van der Waals surface area contributed by atoms with Crippen LogP contribution in [0.3, 0.4) is 0 Å². The summed E-state index contributed by atoms with van der Waals surface area (Å²) in [4.78, 5) is 25.7. The number of carbonyl (C=O) groups excluding carboxylic acids is 2. The second-order valence-electron chi connectivity index (χ2n) is 7.06. The molecule has 0 bridgehead atoms. The van der Waals surface area contributed by atoms with Gasteiger partial charge in [0.1, 0.15) is 11.8 Å². The molecule has 2 amide bonds. The topological polar surface area (TPSA) is 97.4 Å². The van der Waals surface area contributed by atoms with Gasteiger partial charge in [-0.15, -0.1) is 0 Å². The van der Waals surface area contributed by atoms with Gasteiger partial charge in [-0.25, -0.2) is 0 Å². The summed E-state index contributed by atoms with van der Waals surface area (Å²) in [7, 11) is 0. The van der Waals surface area contributed by atoms with Crippen molar-refractivity contribution >= 4 is 11.8 Å². The number of aromatic nitrogens is 1. The van der Waals surface area contributed by atoms with Gasteiger partial charge in [0.15, 0.2) is 11.5 Å². The molecule has 0 saturated carbocycles. The third-order valence-corrected chi connectivity index (χ3v) is 4.77. The number of aryl methyl sites for hydroxylation is 1. The third kappa shape index (κ3) is 4.90. The molecule has 2 aromatic heterocycles. The zero-order valence-electron chi connectivity index (χ0n) is 16.9. The Labute approximate surface area is 179 Å². The van der Waals surface area contributed by atoms with Crippen molar-refractivity contribution in [2.24, 2.45) is 0 Å². The molecule has 0 fully saturated rings. The lowest BCUT2D eigenvalue weighted by Crippen LogP contribution is -2.40. The molecule has 0 saturated heterocycles. The van der Waals surface area contributed by atoms with E-state index in [0.717, 1.165) is 11.1 Å². The fraction of sp³-hybridized carbons (Fsp3) is 0.125. The van der Waals surface area contributed by atoms with Crippen molar-refractivity contribution in [2.45, 2.75) is 19.5 Å². The SMILES string of the molecule is Cc1ccc(-c2cc(C(=O)NC(C(=O)NCc3ccco3)c3ccccc3)no2)cc1. The first kappa shape index (κ1) is 20.2. The molecule has 7 heteroatoms. The van der Waals surface area contributed by atoms with Crippen LogP contribution in [0.4, 0.5) is 0 Å². The number of benzene rings is 2. The smallest absolute Gasteiger partial charge is 0.274 e. The van der Waals surface area contributed by atoms with Gasteiger partial charge in [0.2, 0.25) is 5.91 Å². The summed E-state index contributed by atoms with van der Waals surface area (Å²) >= 11 is 0. The Morgan fingerprint density at radius 1 is 1.00 bits per heavy atom. The summed E-state index contributed by atoms with van der Waals surface area (Å²) in [6, 6.07) is 20.9. The van der Waals surface area contributed by atoms with Crippen LogP contribution in [0.1, 0.15) is 33.4 Å². The molecule has 0 aliphatic rings. The van der Waals surface area contributed by atoms with E-state index in [4.69, 9.17) is 8.94 Å². The molecular formula is C24H21N3O4. The van der Waals surface area contributed by atoms with Crippen molar-refractivity contribution in [1.82, 2.24) is 15.8 Å². The number of nitrogens with zero attached hydrogens (tertiary/aromatic N) is 1. The van der Waals surface area contributed by atoms with Crippen molar-refractivity contribution < 1.29 is 18.5 Å². The van der Waals surface area contributed by atoms with E-state index in [1.54, 1.807) is 42.5 Å². The summed E-state index contributed by atoms with van der Waals surface area (Å²) in [6.45, 7) is 2.20. The molecule has 0 spiro atoms. The van der Waals surface area contributed by atoms with Crippen LogP contribution in [0.25, 0.3) is 11.3 Å². The van der Waals surface area contributed by atoms with E-state index in [2.05, 4.69) is 15.8 Å². The van der Waals surface area contributed by atoms with E-state index in [9.17, 15) is 9.59 Å². The molecule has 0 aliphatic heterocycles. The molecule has 4 aromatic rings. The van der Waals surface area contributed by atoms with Crippen LogP contribution in [-0.4, -0.2) is 17.0 Å². The number of hydrogen-bond acceptors (Lipinski definition) is 5. The average Bonchev–Trinajstić information content (AvgIpc) is 3.49. The van der Waals surface area contributed by atoms with Crippen LogP contribution in [0.2, 0.25) is 0 Å². The molecule has 7 nitrogen and oxygen atoms in total. The molecule has 2 N–H and O–H groups in total. The van der Waals surface area contributed by atoms with E-state index in [0.29, 0.717) is 17.1 Å². The molecule has 1 unspecified atom stereocenters. The van der Waals surface area contributed by atoms with Crippen LogP contribution in [0.5, 0.6) is 0 Å². The molecule has 156 valence electrons. The van der Waals surface area contributed by atoms with Gasteiger partial charge in [-0.1, -0.05) is 65.3 Å². The van der Waals surface area contributed by atoms with Crippen LogP contribution in [-0.2, 0) is 11.3 Å². The summed E-state index contributed by atoms with van der Waals surface area (Å²) in [6.07, 6.45) is 1.54. The Morgan fingerprint density at radius 3 is 2.48 bits per heavy atom. The quantitative estimate of drug-likeness (QED) is 0.475. The number of rotatable bonds is 7. The normalized spacial score (nSPS) is 11.6. The monoisotopic (exact) mass is 415 g/mol. The molecule has 2 heterocycles. The number of amides is 2. The maximum Gasteiger partial charge on any atom is 0.274 e. The first-order valence-corrected chi connectivity index (χ1v) is 9.80. The maximum absolute atomic E-state index is 12.9. The van der Waals surface area contributed by atoms with E-state index >= 15 is 0 Å². The van der Waals surface area contributed by atoms with Crippen LogP contribution >= 0.6 is 0 Å². The molecule has 31 heavy (non-hydrogen) atoms. The molecule has 0 aliphatic carbocycles. The number of carbonyl (C=O) groups is 2. The summed E-state index contributed by atoms with van der Waals surface area (Å²) in [5.74, 6) is 0.219. The Hall–Kier alpha value is -4.13. The highest BCUT2D eigenvalue weighted by atomic mass is 16.5.